The minimum absolute atomic E-state index is 0.0822. The van der Waals surface area contributed by atoms with Crippen molar-refractivity contribution in [2.45, 2.75) is 32.7 Å². The lowest BCUT2D eigenvalue weighted by atomic mass is 9.98. The van der Waals surface area contributed by atoms with E-state index in [1.807, 2.05) is 43.3 Å². The molecule has 1 aliphatic heterocycles. The highest BCUT2D eigenvalue weighted by atomic mass is 16.3. The summed E-state index contributed by atoms with van der Waals surface area (Å²) in [6, 6.07) is 11.8. The zero-order valence-electron chi connectivity index (χ0n) is 15.2. The summed E-state index contributed by atoms with van der Waals surface area (Å²) in [5, 5.41) is 9.39. The molecule has 0 aliphatic carbocycles. The topological polar surface area (TPSA) is 62.5 Å². The van der Waals surface area contributed by atoms with Crippen molar-refractivity contribution < 1.29 is 9.90 Å². The van der Waals surface area contributed by atoms with Gasteiger partial charge < -0.3 is 14.6 Å². The number of aryl methyl sites for hydroxylation is 3. The number of rotatable bonds is 5. The Morgan fingerprint density at radius 2 is 2.00 bits per heavy atom. The second-order valence-electron chi connectivity index (χ2n) is 7.05. The molecule has 0 saturated carbocycles. The van der Waals surface area contributed by atoms with Crippen LogP contribution in [0.4, 0.5) is 0 Å². The summed E-state index contributed by atoms with van der Waals surface area (Å²) in [5.74, 6) is -0.100. The first-order valence-electron chi connectivity index (χ1n) is 9.24. The highest BCUT2D eigenvalue weighted by Crippen LogP contribution is 2.18. The molecular weight excluding hydrogens is 328 g/mol. The van der Waals surface area contributed by atoms with Crippen molar-refractivity contribution in [1.82, 2.24) is 9.47 Å². The molecule has 0 spiro atoms. The SMILES string of the molecule is Cc1ccn(CCc2ccccc2)c(=O)c1C(=O)N1CCCC(CO)C1. The Kier molecular flexibility index (Phi) is 5.89. The molecule has 1 saturated heterocycles. The van der Waals surface area contributed by atoms with Crippen molar-refractivity contribution in [3.8, 4) is 0 Å². The largest absolute Gasteiger partial charge is 0.396 e. The maximum atomic E-state index is 13.0. The van der Waals surface area contributed by atoms with Crippen LogP contribution in [0.25, 0.3) is 0 Å². The van der Waals surface area contributed by atoms with Crippen LogP contribution in [0.15, 0.2) is 47.4 Å². The minimum atomic E-state index is -0.225. The lowest BCUT2D eigenvalue weighted by molar-refractivity contribution is 0.0617. The maximum absolute atomic E-state index is 13.0. The Balaban J connectivity index is 1.80. The number of aliphatic hydroxyl groups excluding tert-OH is 1. The highest BCUT2D eigenvalue weighted by molar-refractivity contribution is 5.95. The molecule has 1 atom stereocenters. The summed E-state index contributed by atoms with van der Waals surface area (Å²) in [5.41, 5.74) is 1.91. The molecule has 3 rings (SSSR count). The van der Waals surface area contributed by atoms with Gasteiger partial charge in [0.25, 0.3) is 11.5 Å². The molecule has 0 bridgehead atoms. The number of amides is 1. The van der Waals surface area contributed by atoms with E-state index in [4.69, 9.17) is 0 Å². The van der Waals surface area contributed by atoms with E-state index in [1.165, 1.54) is 0 Å². The third kappa shape index (κ3) is 4.05. The second kappa shape index (κ2) is 8.32. The summed E-state index contributed by atoms with van der Waals surface area (Å²) in [4.78, 5) is 27.6. The van der Waals surface area contributed by atoms with Crippen molar-refractivity contribution in [1.29, 1.82) is 0 Å². The number of likely N-dealkylation sites (tertiary alicyclic amines) is 1. The van der Waals surface area contributed by atoms with Gasteiger partial charge in [0.2, 0.25) is 0 Å². The number of hydrogen-bond donors (Lipinski definition) is 1. The van der Waals surface area contributed by atoms with Crippen LogP contribution in [0.5, 0.6) is 0 Å². The summed E-state index contributed by atoms with van der Waals surface area (Å²) in [6.45, 7) is 3.60. The quantitative estimate of drug-likeness (QED) is 0.896. The number of benzene rings is 1. The minimum Gasteiger partial charge on any atom is -0.396 e. The first-order chi connectivity index (χ1) is 12.6. The molecule has 5 heteroatoms. The Hall–Kier alpha value is -2.40. The maximum Gasteiger partial charge on any atom is 0.263 e. The molecule has 2 aromatic rings. The van der Waals surface area contributed by atoms with Gasteiger partial charge in [0, 0.05) is 32.4 Å². The first-order valence-corrected chi connectivity index (χ1v) is 9.24. The number of aliphatic hydroxyl groups is 1. The molecule has 0 radical (unpaired) electrons. The average Bonchev–Trinajstić information content (AvgIpc) is 2.68. The van der Waals surface area contributed by atoms with Crippen LogP contribution in [-0.4, -0.2) is 40.2 Å². The van der Waals surface area contributed by atoms with E-state index in [1.54, 1.807) is 15.7 Å². The normalized spacial score (nSPS) is 17.3. The average molecular weight is 354 g/mol. The zero-order chi connectivity index (χ0) is 18.5. The molecule has 26 heavy (non-hydrogen) atoms. The van der Waals surface area contributed by atoms with Crippen molar-refractivity contribution in [3.63, 3.8) is 0 Å². The summed E-state index contributed by atoms with van der Waals surface area (Å²) >= 11 is 0. The third-order valence-corrected chi connectivity index (χ3v) is 5.14. The van der Waals surface area contributed by atoms with Crippen LogP contribution < -0.4 is 5.56 Å². The molecule has 2 heterocycles. The fourth-order valence-corrected chi connectivity index (χ4v) is 3.55. The van der Waals surface area contributed by atoms with E-state index in [2.05, 4.69) is 0 Å². The van der Waals surface area contributed by atoms with Gasteiger partial charge in [0.1, 0.15) is 5.56 Å². The van der Waals surface area contributed by atoms with Gasteiger partial charge in [0.15, 0.2) is 0 Å². The first kappa shape index (κ1) is 18.4. The molecule has 1 amide bonds. The van der Waals surface area contributed by atoms with Crippen LogP contribution in [-0.2, 0) is 13.0 Å². The van der Waals surface area contributed by atoms with Crippen LogP contribution in [0.2, 0.25) is 0 Å². The van der Waals surface area contributed by atoms with Crippen molar-refractivity contribution in [2.75, 3.05) is 19.7 Å². The van der Waals surface area contributed by atoms with Gasteiger partial charge >= 0.3 is 0 Å². The Morgan fingerprint density at radius 3 is 2.73 bits per heavy atom. The van der Waals surface area contributed by atoms with E-state index in [9.17, 15) is 14.7 Å². The second-order valence-corrected chi connectivity index (χ2v) is 7.05. The number of hydrogen-bond acceptors (Lipinski definition) is 3. The van der Waals surface area contributed by atoms with E-state index in [0.717, 1.165) is 24.8 Å². The predicted molar refractivity (Wildman–Crippen MR) is 101 cm³/mol. The van der Waals surface area contributed by atoms with E-state index < -0.39 is 0 Å². The summed E-state index contributed by atoms with van der Waals surface area (Å²) in [7, 11) is 0. The lowest BCUT2D eigenvalue weighted by Crippen LogP contribution is -2.43. The molecular formula is C21H26N2O3. The monoisotopic (exact) mass is 354 g/mol. The number of pyridine rings is 1. The van der Waals surface area contributed by atoms with Crippen molar-refractivity contribution >= 4 is 5.91 Å². The summed E-state index contributed by atoms with van der Waals surface area (Å²) < 4.78 is 1.63. The van der Waals surface area contributed by atoms with Gasteiger partial charge in [0.05, 0.1) is 0 Å². The molecule has 1 fully saturated rings. The fraction of sp³-hybridized carbons (Fsp3) is 0.429. The van der Waals surface area contributed by atoms with Gasteiger partial charge in [-0.15, -0.1) is 0 Å². The smallest absolute Gasteiger partial charge is 0.263 e. The van der Waals surface area contributed by atoms with Gasteiger partial charge in [-0.25, -0.2) is 0 Å². The molecule has 1 unspecified atom stereocenters. The van der Waals surface area contributed by atoms with E-state index in [-0.39, 0.29) is 29.6 Å². The number of carbonyl (C=O) groups excluding carboxylic acids is 1. The number of piperidine rings is 1. The van der Waals surface area contributed by atoms with Gasteiger partial charge in [-0.3, -0.25) is 9.59 Å². The summed E-state index contributed by atoms with van der Waals surface area (Å²) in [6.07, 6.45) is 4.30. The van der Waals surface area contributed by atoms with Crippen LogP contribution >= 0.6 is 0 Å². The fourth-order valence-electron chi connectivity index (χ4n) is 3.55. The van der Waals surface area contributed by atoms with Crippen molar-refractivity contribution in [3.05, 3.63) is 69.6 Å². The highest BCUT2D eigenvalue weighted by Gasteiger charge is 2.27. The van der Waals surface area contributed by atoms with E-state index >= 15 is 0 Å². The number of carbonyl (C=O) groups is 1. The molecule has 1 N–H and O–H groups in total. The predicted octanol–water partition coefficient (Wildman–Crippen LogP) is 2.24. The molecule has 1 aromatic heterocycles. The van der Waals surface area contributed by atoms with Crippen LogP contribution in [0.3, 0.4) is 0 Å². The van der Waals surface area contributed by atoms with Gasteiger partial charge in [-0.1, -0.05) is 30.3 Å². The lowest BCUT2D eigenvalue weighted by Gasteiger charge is -2.32. The van der Waals surface area contributed by atoms with Gasteiger partial charge in [-0.05, 0) is 49.3 Å². The van der Waals surface area contributed by atoms with Crippen molar-refractivity contribution in [2.24, 2.45) is 5.92 Å². The van der Waals surface area contributed by atoms with Gasteiger partial charge in [-0.2, -0.15) is 0 Å². The van der Waals surface area contributed by atoms with E-state index in [0.29, 0.717) is 25.2 Å². The van der Waals surface area contributed by atoms with Crippen LogP contribution in [0, 0.1) is 12.8 Å². The molecule has 138 valence electrons. The Labute approximate surface area is 153 Å². The number of aromatic nitrogens is 1. The van der Waals surface area contributed by atoms with Crippen LogP contribution in [0.1, 0.15) is 34.3 Å². The Morgan fingerprint density at radius 1 is 1.23 bits per heavy atom. The molecule has 5 nitrogen and oxygen atoms in total. The molecule has 1 aliphatic rings. The standard InChI is InChI=1S/C21H26N2O3/c1-16-9-12-22(13-10-17-6-3-2-4-7-17)20(25)19(16)21(26)23-11-5-8-18(14-23)15-24/h2-4,6-7,9,12,18,24H,5,8,10-11,13-15H2,1H3. The third-order valence-electron chi connectivity index (χ3n) is 5.14. The zero-order valence-corrected chi connectivity index (χ0v) is 15.2. The molecule has 1 aromatic carbocycles. The number of nitrogens with zero attached hydrogens (tertiary/aromatic N) is 2. The Bertz CT molecular complexity index is 814.